The SMILES string of the molecule is CC.CC(C)(C)OC(=O)NCC(=O)O.CCCN=C(N)N. The highest BCUT2D eigenvalue weighted by Gasteiger charge is 2.15. The summed E-state index contributed by atoms with van der Waals surface area (Å²) in [5.41, 5.74) is 9.42. The van der Waals surface area contributed by atoms with Crippen molar-refractivity contribution in [3.8, 4) is 0 Å². The fourth-order valence-corrected chi connectivity index (χ4v) is 0.703. The van der Waals surface area contributed by atoms with Gasteiger partial charge in [-0.1, -0.05) is 20.8 Å². The van der Waals surface area contributed by atoms with E-state index in [1.165, 1.54) is 0 Å². The number of alkyl carbamates (subject to hydrolysis) is 1. The lowest BCUT2D eigenvalue weighted by molar-refractivity contribution is -0.136. The molecular formula is C13H30N4O4. The van der Waals surface area contributed by atoms with E-state index < -0.39 is 24.2 Å². The van der Waals surface area contributed by atoms with Crippen molar-refractivity contribution in [2.24, 2.45) is 16.5 Å². The maximum Gasteiger partial charge on any atom is 0.408 e. The fraction of sp³-hybridized carbons (Fsp3) is 0.769. The van der Waals surface area contributed by atoms with Crippen molar-refractivity contribution in [1.82, 2.24) is 5.32 Å². The Bertz CT molecular complexity index is 308. The number of nitrogens with two attached hydrogens (primary N) is 2. The van der Waals surface area contributed by atoms with Crippen molar-refractivity contribution in [3.05, 3.63) is 0 Å². The highest BCUT2D eigenvalue weighted by Crippen LogP contribution is 2.05. The third-order valence-corrected chi connectivity index (χ3v) is 1.30. The van der Waals surface area contributed by atoms with E-state index in [-0.39, 0.29) is 5.96 Å². The lowest BCUT2D eigenvalue weighted by Gasteiger charge is -2.19. The number of carboxylic acid groups (broad SMARTS) is 1. The number of amides is 1. The number of nitrogens with zero attached hydrogens (tertiary/aromatic N) is 1. The molecule has 0 saturated heterocycles. The summed E-state index contributed by atoms with van der Waals surface area (Å²) in [5, 5.41) is 10.3. The first-order chi connectivity index (χ1) is 9.58. The summed E-state index contributed by atoms with van der Waals surface area (Å²) in [6.07, 6.45) is 0.280. The Morgan fingerprint density at radius 2 is 1.71 bits per heavy atom. The van der Waals surface area contributed by atoms with E-state index in [4.69, 9.17) is 21.3 Å². The molecule has 126 valence electrons. The normalized spacial score (nSPS) is 9.05. The van der Waals surface area contributed by atoms with Gasteiger partial charge in [-0.05, 0) is 27.2 Å². The summed E-state index contributed by atoms with van der Waals surface area (Å²) in [4.78, 5) is 24.5. The van der Waals surface area contributed by atoms with Gasteiger partial charge in [0.25, 0.3) is 0 Å². The fourth-order valence-electron chi connectivity index (χ4n) is 0.703. The smallest absolute Gasteiger partial charge is 0.408 e. The molecular weight excluding hydrogens is 276 g/mol. The molecule has 0 bridgehead atoms. The quantitative estimate of drug-likeness (QED) is 0.455. The molecule has 0 aromatic heterocycles. The van der Waals surface area contributed by atoms with Gasteiger partial charge in [0.1, 0.15) is 12.1 Å². The summed E-state index contributed by atoms with van der Waals surface area (Å²) in [6.45, 7) is 11.4. The third kappa shape index (κ3) is 32.0. The van der Waals surface area contributed by atoms with Crippen LogP contribution in [0.25, 0.3) is 0 Å². The van der Waals surface area contributed by atoms with Crippen molar-refractivity contribution in [1.29, 1.82) is 0 Å². The zero-order chi connectivity index (χ0) is 17.5. The van der Waals surface area contributed by atoms with Crippen molar-refractivity contribution >= 4 is 18.0 Å². The van der Waals surface area contributed by atoms with Crippen LogP contribution in [0.4, 0.5) is 4.79 Å². The summed E-state index contributed by atoms with van der Waals surface area (Å²) in [5.74, 6) is -0.914. The standard InChI is InChI=1S/C7H13NO4.C4H11N3.C2H6/c1-7(2,3)12-6(11)8-4-5(9)10;1-2-3-7-4(5)6;1-2/h4H2,1-3H3,(H,8,11)(H,9,10);2-3H2,1H3,(H4,5,6,7);1-2H3. The van der Waals surface area contributed by atoms with Gasteiger partial charge in [-0.25, -0.2) is 4.79 Å². The van der Waals surface area contributed by atoms with Gasteiger partial charge in [0.15, 0.2) is 5.96 Å². The van der Waals surface area contributed by atoms with E-state index in [9.17, 15) is 9.59 Å². The molecule has 1 amide bonds. The molecule has 0 saturated carbocycles. The van der Waals surface area contributed by atoms with E-state index >= 15 is 0 Å². The second kappa shape index (κ2) is 14.4. The van der Waals surface area contributed by atoms with Crippen molar-refractivity contribution < 1.29 is 19.4 Å². The van der Waals surface area contributed by atoms with E-state index in [2.05, 4.69) is 10.3 Å². The number of aliphatic carboxylic acids is 1. The molecule has 8 heteroatoms. The molecule has 0 spiro atoms. The summed E-state index contributed by atoms with van der Waals surface area (Å²) < 4.78 is 4.77. The molecule has 0 radical (unpaired) electrons. The van der Waals surface area contributed by atoms with E-state index in [0.29, 0.717) is 0 Å². The Balaban J connectivity index is -0.000000307. The van der Waals surface area contributed by atoms with Crippen LogP contribution >= 0.6 is 0 Å². The monoisotopic (exact) mass is 306 g/mol. The van der Waals surface area contributed by atoms with Gasteiger partial charge in [-0.3, -0.25) is 9.79 Å². The van der Waals surface area contributed by atoms with Gasteiger partial charge in [-0.15, -0.1) is 0 Å². The van der Waals surface area contributed by atoms with Crippen LogP contribution in [0, 0.1) is 0 Å². The molecule has 0 unspecified atom stereocenters. The van der Waals surface area contributed by atoms with Crippen molar-refractivity contribution in [3.63, 3.8) is 0 Å². The largest absolute Gasteiger partial charge is 0.480 e. The van der Waals surface area contributed by atoms with Crippen LogP contribution in [-0.2, 0) is 9.53 Å². The molecule has 0 aliphatic heterocycles. The van der Waals surface area contributed by atoms with E-state index in [1.807, 2.05) is 20.8 Å². The average molecular weight is 306 g/mol. The first-order valence-electron chi connectivity index (χ1n) is 6.82. The third-order valence-electron chi connectivity index (χ3n) is 1.30. The van der Waals surface area contributed by atoms with Gasteiger partial charge in [-0.2, -0.15) is 0 Å². The molecule has 0 fully saturated rings. The molecule has 0 rings (SSSR count). The first-order valence-corrected chi connectivity index (χ1v) is 6.82. The highest BCUT2D eigenvalue weighted by atomic mass is 16.6. The van der Waals surface area contributed by atoms with E-state index in [0.717, 1.165) is 13.0 Å². The van der Waals surface area contributed by atoms with Gasteiger partial charge in [0.05, 0.1) is 0 Å². The number of rotatable bonds is 4. The molecule has 8 nitrogen and oxygen atoms in total. The number of aliphatic imine (C=N–C) groups is 1. The number of guanidine groups is 1. The number of hydrogen-bond acceptors (Lipinski definition) is 4. The molecule has 6 N–H and O–H groups in total. The van der Waals surface area contributed by atoms with Crippen LogP contribution in [-0.4, -0.2) is 41.8 Å². The minimum Gasteiger partial charge on any atom is -0.480 e. The maximum atomic E-state index is 10.8. The molecule has 21 heavy (non-hydrogen) atoms. The zero-order valence-corrected chi connectivity index (χ0v) is 13.9. The maximum absolute atomic E-state index is 10.8. The Hall–Kier alpha value is -1.99. The number of carboxylic acids is 1. The van der Waals surface area contributed by atoms with Gasteiger partial charge < -0.3 is 26.6 Å². The molecule has 0 aromatic carbocycles. The average Bonchev–Trinajstić information content (AvgIpc) is 2.35. The van der Waals surface area contributed by atoms with Crippen LogP contribution in [0.1, 0.15) is 48.0 Å². The van der Waals surface area contributed by atoms with Gasteiger partial charge in [0.2, 0.25) is 0 Å². The lowest BCUT2D eigenvalue weighted by Crippen LogP contribution is -2.35. The van der Waals surface area contributed by atoms with Crippen molar-refractivity contribution in [2.75, 3.05) is 13.1 Å². The lowest BCUT2D eigenvalue weighted by atomic mass is 10.2. The van der Waals surface area contributed by atoms with Crippen LogP contribution in [0.15, 0.2) is 4.99 Å². The second-order valence-electron chi connectivity index (χ2n) is 4.56. The summed E-state index contributed by atoms with van der Waals surface area (Å²) in [7, 11) is 0. The number of carbonyl (C=O) groups excluding carboxylic acids is 1. The van der Waals surface area contributed by atoms with Crippen LogP contribution in [0.2, 0.25) is 0 Å². The van der Waals surface area contributed by atoms with Crippen molar-refractivity contribution in [2.45, 2.75) is 53.6 Å². The van der Waals surface area contributed by atoms with Crippen LogP contribution in [0.3, 0.4) is 0 Å². The Morgan fingerprint density at radius 1 is 1.24 bits per heavy atom. The predicted octanol–water partition coefficient (Wildman–Crippen LogP) is 1.29. The molecule has 0 aliphatic carbocycles. The van der Waals surface area contributed by atoms with Gasteiger partial charge in [0, 0.05) is 6.54 Å². The zero-order valence-electron chi connectivity index (χ0n) is 13.9. The Morgan fingerprint density at radius 3 is 1.95 bits per heavy atom. The topological polar surface area (TPSA) is 140 Å². The Labute approximate surface area is 126 Å². The van der Waals surface area contributed by atoms with Crippen LogP contribution < -0.4 is 16.8 Å². The number of carbonyl (C=O) groups is 2. The minimum absolute atomic E-state index is 0.182. The van der Waals surface area contributed by atoms with E-state index in [1.54, 1.807) is 20.8 Å². The van der Waals surface area contributed by atoms with Crippen LogP contribution in [0.5, 0.6) is 0 Å². The predicted molar refractivity (Wildman–Crippen MR) is 84.2 cm³/mol. The van der Waals surface area contributed by atoms with Gasteiger partial charge >= 0.3 is 12.1 Å². The molecule has 0 aromatic rings. The second-order valence-corrected chi connectivity index (χ2v) is 4.56. The number of nitrogens with one attached hydrogen (secondary N) is 1. The number of ether oxygens (including phenoxy) is 1. The summed E-state index contributed by atoms with van der Waals surface area (Å²) >= 11 is 0. The molecule has 0 atom stereocenters. The highest BCUT2D eigenvalue weighted by molar-refractivity contribution is 5.76. The summed E-state index contributed by atoms with van der Waals surface area (Å²) in [6, 6.07) is 0. The number of hydrogen-bond donors (Lipinski definition) is 4. The molecule has 0 heterocycles. The molecule has 0 aliphatic rings. The first kappa shape index (κ1) is 24.1. The Kier molecular flexibility index (Phi) is 16.5. The minimum atomic E-state index is -1.10.